The molecule has 1 aliphatic heterocycles. The molecule has 1 aliphatic carbocycles. The van der Waals surface area contributed by atoms with Gasteiger partial charge in [-0.15, -0.1) is 0 Å². The Hall–Kier alpha value is -1.10. The van der Waals surface area contributed by atoms with Gasteiger partial charge in [-0.3, -0.25) is 9.59 Å². The maximum atomic E-state index is 12.1. The summed E-state index contributed by atoms with van der Waals surface area (Å²) in [6, 6.07) is -0.528. The number of amides is 2. The molecule has 2 unspecified atom stereocenters. The van der Waals surface area contributed by atoms with Crippen molar-refractivity contribution in [2.24, 2.45) is 0 Å². The van der Waals surface area contributed by atoms with Gasteiger partial charge in [0.25, 0.3) is 0 Å². The highest BCUT2D eigenvalue weighted by Crippen LogP contribution is 2.31. The molecule has 17 heavy (non-hydrogen) atoms. The van der Waals surface area contributed by atoms with E-state index >= 15 is 0 Å². The summed E-state index contributed by atoms with van der Waals surface area (Å²) in [4.78, 5) is 25.8. The van der Waals surface area contributed by atoms with Gasteiger partial charge in [-0.1, -0.05) is 6.92 Å². The average Bonchev–Trinajstić information content (AvgIpc) is 2.23. The smallest absolute Gasteiger partial charge is 0.245 e. The lowest BCUT2D eigenvalue weighted by Gasteiger charge is -2.48. The maximum Gasteiger partial charge on any atom is 0.245 e. The van der Waals surface area contributed by atoms with Crippen molar-refractivity contribution in [2.45, 2.75) is 57.3 Å². The SMILES string of the molecule is CCC1C(=O)NC(C)C(=O)N1C1CC(OC)C1. The summed E-state index contributed by atoms with van der Waals surface area (Å²) in [6.45, 7) is 3.68. The molecule has 1 heterocycles. The molecule has 5 heteroatoms. The molecule has 2 atom stereocenters. The van der Waals surface area contributed by atoms with Crippen molar-refractivity contribution in [1.29, 1.82) is 0 Å². The van der Waals surface area contributed by atoms with Crippen LogP contribution in [0.25, 0.3) is 0 Å². The maximum absolute atomic E-state index is 12.1. The molecule has 2 fully saturated rings. The van der Waals surface area contributed by atoms with Gasteiger partial charge in [-0.25, -0.2) is 0 Å². The van der Waals surface area contributed by atoms with Crippen LogP contribution in [0, 0.1) is 0 Å². The fraction of sp³-hybridized carbons (Fsp3) is 0.833. The van der Waals surface area contributed by atoms with Crippen molar-refractivity contribution in [1.82, 2.24) is 10.2 Å². The molecule has 0 aromatic heterocycles. The zero-order chi connectivity index (χ0) is 12.6. The monoisotopic (exact) mass is 240 g/mol. The van der Waals surface area contributed by atoms with Gasteiger partial charge in [0.1, 0.15) is 12.1 Å². The van der Waals surface area contributed by atoms with Crippen molar-refractivity contribution >= 4 is 11.8 Å². The number of carbonyl (C=O) groups is 2. The van der Waals surface area contributed by atoms with Crippen LogP contribution in [0.15, 0.2) is 0 Å². The topological polar surface area (TPSA) is 58.6 Å². The van der Waals surface area contributed by atoms with E-state index in [0.717, 1.165) is 12.8 Å². The minimum Gasteiger partial charge on any atom is -0.381 e. The summed E-state index contributed by atoms with van der Waals surface area (Å²) < 4.78 is 5.23. The van der Waals surface area contributed by atoms with Crippen molar-refractivity contribution in [3.8, 4) is 0 Å². The predicted molar refractivity (Wildman–Crippen MR) is 62.3 cm³/mol. The summed E-state index contributed by atoms with van der Waals surface area (Å²) in [5.41, 5.74) is 0. The van der Waals surface area contributed by atoms with E-state index in [1.54, 1.807) is 18.9 Å². The van der Waals surface area contributed by atoms with Crippen LogP contribution < -0.4 is 5.32 Å². The normalized spacial score (nSPS) is 37.7. The molecule has 2 amide bonds. The molecule has 5 nitrogen and oxygen atoms in total. The van der Waals surface area contributed by atoms with Crippen LogP contribution >= 0.6 is 0 Å². The second kappa shape index (κ2) is 4.64. The molecule has 1 saturated heterocycles. The third-order valence-corrected chi connectivity index (χ3v) is 3.81. The molecule has 0 bridgehead atoms. The summed E-state index contributed by atoms with van der Waals surface area (Å²) in [6.07, 6.45) is 2.60. The Labute approximate surface area is 101 Å². The number of piperazine rings is 1. The van der Waals surface area contributed by atoms with Crippen LogP contribution in [0.2, 0.25) is 0 Å². The predicted octanol–water partition coefficient (Wildman–Crippen LogP) is 0.289. The van der Waals surface area contributed by atoms with Crippen molar-refractivity contribution < 1.29 is 14.3 Å². The Bertz CT molecular complexity index is 326. The first kappa shape index (κ1) is 12.4. The average molecular weight is 240 g/mol. The molecule has 2 aliphatic rings. The molecule has 1 N–H and O–H groups in total. The zero-order valence-electron chi connectivity index (χ0n) is 10.6. The van der Waals surface area contributed by atoms with Crippen molar-refractivity contribution in [3.63, 3.8) is 0 Å². The summed E-state index contributed by atoms with van der Waals surface area (Å²) in [7, 11) is 1.69. The van der Waals surface area contributed by atoms with Gasteiger partial charge in [-0.2, -0.15) is 0 Å². The lowest BCUT2D eigenvalue weighted by Crippen LogP contribution is -2.67. The minimum absolute atomic E-state index is 0.0273. The van der Waals surface area contributed by atoms with Gasteiger partial charge < -0.3 is 15.0 Å². The number of hydrogen-bond acceptors (Lipinski definition) is 3. The second-order valence-electron chi connectivity index (χ2n) is 4.88. The molecule has 0 aromatic carbocycles. The number of hydrogen-bond donors (Lipinski definition) is 1. The van der Waals surface area contributed by atoms with Gasteiger partial charge in [-0.05, 0) is 26.2 Å². The van der Waals surface area contributed by atoms with Gasteiger partial charge in [0.2, 0.25) is 11.8 Å². The zero-order valence-corrected chi connectivity index (χ0v) is 10.6. The largest absolute Gasteiger partial charge is 0.381 e. The summed E-state index contributed by atoms with van der Waals surface area (Å²) in [5.74, 6) is 0.0106. The molecular weight excluding hydrogens is 220 g/mol. The van der Waals surface area contributed by atoms with E-state index in [0.29, 0.717) is 6.42 Å². The van der Waals surface area contributed by atoms with Gasteiger partial charge in [0.05, 0.1) is 6.10 Å². The lowest BCUT2D eigenvalue weighted by molar-refractivity contribution is -0.157. The molecule has 96 valence electrons. The summed E-state index contributed by atoms with van der Waals surface area (Å²) >= 11 is 0. The first-order valence-corrected chi connectivity index (χ1v) is 6.23. The highest BCUT2D eigenvalue weighted by Gasteiger charge is 2.45. The van der Waals surface area contributed by atoms with Gasteiger partial charge in [0, 0.05) is 13.2 Å². The number of rotatable bonds is 3. The quantitative estimate of drug-likeness (QED) is 0.771. The van der Waals surface area contributed by atoms with Gasteiger partial charge in [0.15, 0.2) is 0 Å². The van der Waals surface area contributed by atoms with E-state index in [4.69, 9.17) is 4.74 Å². The second-order valence-corrected chi connectivity index (χ2v) is 4.88. The Morgan fingerprint density at radius 3 is 2.59 bits per heavy atom. The molecule has 0 radical (unpaired) electrons. The Kier molecular flexibility index (Phi) is 3.38. The third-order valence-electron chi connectivity index (χ3n) is 3.81. The van der Waals surface area contributed by atoms with Gasteiger partial charge >= 0.3 is 0 Å². The van der Waals surface area contributed by atoms with E-state index in [9.17, 15) is 9.59 Å². The number of methoxy groups -OCH3 is 1. The number of nitrogens with one attached hydrogen (secondary N) is 1. The van der Waals surface area contributed by atoms with E-state index < -0.39 is 6.04 Å². The van der Waals surface area contributed by atoms with Crippen LogP contribution in [0.1, 0.15) is 33.1 Å². The molecule has 1 saturated carbocycles. The number of ether oxygens (including phenoxy) is 1. The molecule has 0 aromatic rings. The van der Waals surface area contributed by atoms with E-state index in [2.05, 4.69) is 5.32 Å². The molecule has 2 rings (SSSR count). The fourth-order valence-electron chi connectivity index (χ4n) is 2.65. The highest BCUT2D eigenvalue weighted by molar-refractivity contribution is 5.96. The minimum atomic E-state index is -0.396. The van der Waals surface area contributed by atoms with Crippen LogP contribution in [-0.4, -0.2) is 48.1 Å². The first-order chi connectivity index (χ1) is 8.08. The first-order valence-electron chi connectivity index (χ1n) is 6.23. The Balaban J connectivity index is 2.10. The molecular formula is C12H20N2O3. The molecule has 0 spiro atoms. The van der Waals surface area contributed by atoms with E-state index in [1.807, 2.05) is 6.92 Å². The van der Waals surface area contributed by atoms with Crippen molar-refractivity contribution in [3.05, 3.63) is 0 Å². The number of nitrogens with zero attached hydrogens (tertiary/aromatic N) is 1. The Morgan fingerprint density at radius 1 is 1.41 bits per heavy atom. The Morgan fingerprint density at radius 2 is 2.06 bits per heavy atom. The fourth-order valence-corrected chi connectivity index (χ4v) is 2.65. The van der Waals surface area contributed by atoms with Crippen LogP contribution in [-0.2, 0) is 14.3 Å². The van der Waals surface area contributed by atoms with Crippen molar-refractivity contribution in [2.75, 3.05) is 7.11 Å². The lowest BCUT2D eigenvalue weighted by atomic mass is 9.85. The van der Waals surface area contributed by atoms with E-state index in [-0.39, 0.29) is 30.0 Å². The van der Waals surface area contributed by atoms with Crippen LogP contribution in [0.5, 0.6) is 0 Å². The highest BCUT2D eigenvalue weighted by atomic mass is 16.5. The summed E-state index contributed by atoms with van der Waals surface area (Å²) in [5, 5.41) is 2.73. The number of carbonyl (C=O) groups excluding carboxylic acids is 2. The standard InChI is InChI=1S/C12H20N2O3/c1-4-10-11(15)13-7(2)12(16)14(10)8-5-9(6-8)17-3/h7-10H,4-6H2,1-3H3,(H,13,15). The van der Waals surface area contributed by atoms with Crippen LogP contribution in [0.4, 0.5) is 0 Å². The van der Waals surface area contributed by atoms with Crippen LogP contribution in [0.3, 0.4) is 0 Å². The van der Waals surface area contributed by atoms with E-state index in [1.165, 1.54) is 0 Å². The third kappa shape index (κ3) is 2.04.